The van der Waals surface area contributed by atoms with Gasteiger partial charge in [-0.15, -0.1) is 6.58 Å². The molecule has 0 N–H and O–H groups in total. The molecule has 3 fully saturated rings. The van der Waals surface area contributed by atoms with Crippen LogP contribution < -0.4 is 0 Å². The molecule has 0 radical (unpaired) electrons. The number of hydrogen-bond donors (Lipinski definition) is 0. The van der Waals surface area contributed by atoms with E-state index in [4.69, 9.17) is 0 Å². The summed E-state index contributed by atoms with van der Waals surface area (Å²) in [7, 11) is 0. The van der Waals surface area contributed by atoms with E-state index < -0.39 is 0 Å². The molecule has 4 aliphatic rings. The summed E-state index contributed by atoms with van der Waals surface area (Å²) in [5.41, 5.74) is 1.56. The third-order valence-corrected chi connectivity index (χ3v) is 6.94. The fraction of sp³-hybridized carbons (Fsp3) is 0.500. The second-order valence-electron chi connectivity index (χ2n) is 7.42. The maximum Gasteiger partial charge on any atom is -0.00649 e. The average Bonchev–Trinajstić information content (AvgIpc) is 3.24. The minimum Gasteiger partial charge on any atom is -0.103 e. The van der Waals surface area contributed by atoms with Gasteiger partial charge in [0.15, 0.2) is 0 Å². The SMILES string of the molecule is C=CC1C2CC(C1c1ccccc1)C1C3C=CC(C3)C21. The summed E-state index contributed by atoms with van der Waals surface area (Å²) in [6.07, 6.45) is 10.3. The molecule has 3 saturated carbocycles. The molecule has 5 rings (SSSR count). The molecular formula is C20H22. The van der Waals surface area contributed by atoms with Gasteiger partial charge in [-0.25, -0.2) is 0 Å². The average molecular weight is 262 g/mol. The lowest BCUT2D eigenvalue weighted by Gasteiger charge is -2.41. The van der Waals surface area contributed by atoms with E-state index >= 15 is 0 Å². The Labute approximate surface area is 121 Å². The highest BCUT2D eigenvalue weighted by molar-refractivity contribution is 5.31. The molecule has 0 aromatic heterocycles. The van der Waals surface area contributed by atoms with Gasteiger partial charge in [0, 0.05) is 0 Å². The van der Waals surface area contributed by atoms with E-state index in [0.29, 0.717) is 0 Å². The second-order valence-corrected chi connectivity index (χ2v) is 7.42. The van der Waals surface area contributed by atoms with Gasteiger partial charge in [0.2, 0.25) is 0 Å². The van der Waals surface area contributed by atoms with Crippen LogP contribution in [0.15, 0.2) is 55.1 Å². The van der Waals surface area contributed by atoms with Crippen LogP contribution in [0.5, 0.6) is 0 Å². The predicted molar refractivity (Wildman–Crippen MR) is 82.2 cm³/mol. The third kappa shape index (κ3) is 1.24. The standard InChI is InChI=1S/C20H22/c1-2-15-16-11-17(18(15)12-6-4-3-5-7-12)20-14-9-8-13(10-14)19(16)20/h2-9,13-20H,1,10-11H2. The molecule has 1 aromatic rings. The van der Waals surface area contributed by atoms with E-state index in [1.54, 1.807) is 5.56 Å². The third-order valence-electron chi connectivity index (χ3n) is 6.94. The molecule has 0 heteroatoms. The minimum atomic E-state index is 0.719. The Balaban J connectivity index is 1.58. The van der Waals surface area contributed by atoms with Crippen molar-refractivity contribution in [3.8, 4) is 0 Å². The Morgan fingerprint density at radius 2 is 1.60 bits per heavy atom. The van der Waals surface area contributed by atoms with E-state index in [1.165, 1.54) is 12.8 Å². The summed E-state index contributed by atoms with van der Waals surface area (Å²) in [5.74, 6) is 7.05. The Hall–Kier alpha value is -1.30. The lowest BCUT2D eigenvalue weighted by atomic mass is 9.63. The molecule has 0 nitrogen and oxygen atoms in total. The lowest BCUT2D eigenvalue weighted by Crippen LogP contribution is -2.35. The van der Waals surface area contributed by atoms with E-state index in [9.17, 15) is 0 Å². The number of fused-ring (bicyclic) bond motifs is 9. The van der Waals surface area contributed by atoms with Crippen LogP contribution >= 0.6 is 0 Å². The molecule has 102 valence electrons. The smallest absolute Gasteiger partial charge is 0.00649 e. The van der Waals surface area contributed by atoms with Gasteiger partial charge in [0.25, 0.3) is 0 Å². The molecule has 0 heterocycles. The van der Waals surface area contributed by atoms with Gasteiger partial charge in [0.1, 0.15) is 0 Å². The van der Waals surface area contributed by atoms with Crippen LogP contribution in [0.25, 0.3) is 0 Å². The first-order valence-corrected chi connectivity index (χ1v) is 8.24. The van der Waals surface area contributed by atoms with Crippen molar-refractivity contribution in [3.05, 3.63) is 60.7 Å². The molecule has 8 unspecified atom stereocenters. The van der Waals surface area contributed by atoms with Gasteiger partial charge < -0.3 is 0 Å². The summed E-state index contributed by atoms with van der Waals surface area (Å²) in [6, 6.07) is 11.3. The summed E-state index contributed by atoms with van der Waals surface area (Å²) in [5, 5.41) is 0. The molecule has 4 aliphatic carbocycles. The lowest BCUT2D eigenvalue weighted by molar-refractivity contribution is 0.150. The van der Waals surface area contributed by atoms with Gasteiger partial charge in [-0.3, -0.25) is 0 Å². The first kappa shape index (κ1) is 11.4. The van der Waals surface area contributed by atoms with Crippen LogP contribution in [0.3, 0.4) is 0 Å². The molecule has 0 amide bonds. The molecule has 0 saturated heterocycles. The first-order valence-electron chi connectivity index (χ1n) is 8.24. The molecule has 1 aromatic carbocycles. The van der Waals surface area contributed by atoms with Crippen LogP contribution in [0.2, 0.25) is 0 Å². The van der Waals surface area contributed by atoms with Gasteiger partial charge in [-0.1, -0.05) is 48.6 Å². The summed E-state index contributed by atoms with van der Waals surface area (Å²) in [6.45, 7) is 4.20. The Kier molecular flexibility index (Phi) is 2.20. The zero-order valence-corrected chi connectivity index (χ0v) is 11.9. The summed E-state index contributed by atoms with van der Waals surface area (Å²) < 4.78 is 0. The molecule has 4 bridgehead atoms. The summed E-state index contributed by atoms with van der Waals surface area (Å²) >= 11 is 0. The number of rotatable bonds is 2. The van der Waals surface area contributed by atoms with Crippen LogP contribution in [0, 0.1) is 41.4 Å². The maximum absolute atomic E-state index is 4.20. The highest BCUT2D eigenvalue weighted by Gasteiger charge is 2.63. The van der Waals surface area contributed by atoms with Crippen molar-refractivity contribution in [2.24, 2.45) is 41.4 Å². The minimum absolute atomic E-state index is 0.719. The number of hydrogen-bond acceptors (Lipinski definition) is 0. The molecule has 8 atom stereocenters. The Morgan fingerprint density at radius 3 is 2.30 bits per heavy atom. The van der Waals surface area contributed by atoms with E-state index in [0.717, 1.165) is 47.3 Å². The van der Waals surface area contributed by atoms with Crippen LogP contribution in [0.4, 0.5) is 0 Å². The predicted octanol–water partition coefficient (Wildman–Crippen LogP) is 4.66. The summed E-state index contributed by atoms with van der Waals surface area (Å²) in [4.78, 5) is 0. The van der Waals surface area contributed by atoms with Crippen LogP contribution in [-0.4, -0.2) is 0 Å². The van der Waals surface area contributed by atoms with Crippen molar-refractivity contribution in [1.82, 2.24) is 0 Å². The molecule has 0 spiro atoms. The number of allylic oxidation sites excluding steroid dienone is 3. The van der Waals surface area contributed by atoms with Crippen molar-refractivity contribution in [2.75, 3.05) is 0 Å². The maximum atomic E-state index is 4.20. The van der Waals surface area contributed by atoms with Gasteiger partial charge >= 0.3 is 0 Å². The zero-order valence-electron chi connectivity index (χ0n) is 11.9. The van der Waals surface area contributed by atoms with Gasteiger partial charge in [-0.2, -0.15) is 0 Å². The van der Waals surface area contributed by atoms with Crippen LogP contribution in [0.1, 0.15) is 24.3 Å². The second kappa shape index (κ2) is 3.87. The fourth-order valence-corrected chi connectivity index (χ4v) is 6.55. The number of benzene rings is 1. The van der Waals surface area contributed by atoms with E-state index in [1.807, 2.05) is 0 Å². The van der Waals surface area contributed by atoms with E-state index in [2.05, 4.69) is 55.1 Å². The van der Waals surface area contributed by atoms with Gasteiger partial charge in [-0.05, 0) is 65.7 Å². The quantitative estimate of drug-likeness (QED) is 0.537. The van der Waals surface area contributed by atoms with Crippen molar-refractivity contribution < 1.29 is 0 Å². The monoisotopic (exact) mass is 262 g/mol. The van der Waals surface area contributed by atoms with Crippen LogP contribution in [-0.2, 0) is 0 Å². The molecule has 20 heavy (non-hydrogen) atoms. The zero-order chi connectivity index (χ0) is 13.3. The van der Waals surface area contributed by atoms with Crippen molar-refractivity contribution in [3.63, 3.8) is 0 Å². The highest BCUT2D eigenvalue weighted by atomic mass is 14.7. The highest BCUT2D eigenvalue weighted by Crippen LogP contribution is 2.70. The largest absolute Gasteiger partial charge is 0.103 e. The Morgan fingerprint density at radius 1 is 0.900 bits per heavy atom. The van der Waals surface area contributed by atoms with E-state index in [-0.39, 0.29) is 0 Å². The first-order chi connectivity index (χ1) is 9.88. The molecular weight excluding hydrogens is 240 g/mol. The van der Waals surface area contributed by atoms with Crippen molar-refractivity contribution in [1.29, 1.82) is 0 Å². The van der Waals surface area contributed by atoms with Crippen molar-refractivity contribution in [2.45, 2.75) is 18.8 Å². The topological polar surface area (TPSA) is 0 Å². The Bertz CT molecular complexity index is 569. The normalized spacial score (nSPS) is 50.6. The molecule has 0 aliphatic heterocycles. The van der Waals surface area contributed by atoms with Crippen molar-refractivity contribution >= 4 is 0 Å². The van der Waals surface area contributed by atoms with Gasteiger partial charge in [0.05, 0.1) is 0 Å². The fourth-order valence-electron chi connectivity index (χ4n) is 6.55.